The Hall–Kier alpha value is -1.26. The van der Waals surface area contributed by atoms with Crippen LogP contribution in [-0.2, 0) is 0 Å². The maximum absolute atomic E-state index is 10.0. The van der Waals surface area contributed by atoms with E-state index in [0.717, 1.165) is 18.8 Å². The Morgan fingerprint density at radius 2 is 2.30 bits per heavy atom. The zero-order valence-corrected chi connectivity index (χ0v) is 12.9. The van der Waals surface area contributed by atoms with Gasteiger partial charge >= 0.3 is 0 Å². The molecular weight excluding hydrogens is 276 g/mol. The molecule has 0 spiro atoms. The molecule has 0 saturated carbocycles. The molecule has 1 aliphatic heterocycles. The van der Waals surface area contributed by atoms with Crippen molar-refractivity contribution in [3.8, 4) is 11.5 Å². The highest BCUT2D eigenvalue weighted by atomic mass is 35.5. The number of aliphatic imine (C=N–C) groups is 1. The largest absolute Gasteiger partial charge is 0.507 e. The monoisotopic (exact) mass is 296 g/mol. The van der Waals surface area contributed by atoms with Crippen molar-refractivity contribution < 1.29 is 9.84 Å². The molecule has 1 aromatic rings. The fourth-order valence-electron chi connectivity index (χ4n) is 2.63. The Balaban J connectivity index is 2.24. The minimum absolute atomic E-state index is 0.146. The van der Waals surface area contributed by atoms with E-state index in [1.54, 1.807) is 19.2 Å². The second-order valence-electron chi connectivity index (χ2n) is 5.18. The summed E-state index contributed by atoms with van der Waals surface area (Å²) in [6.45, 7) is 3.74. The number of likely N-dealkylation sites (N-methyl/N-ethyl adjacent to an activating group) is 1. The highest BCUT2D eigenvalue weighted by Crippen LogP contribution is 2.35. The van der Waals surface area contributed by atoms with Gasteiger partial charge in [0.15, 0.2) is 0 Å². The number of nitrogens with zero attached hydrogens (tertiary/aromatic N) is 2. The van der Waals surface area contributed by atoms with Crippen molar-refractivity contribution >= 4 is 17.3 Å². The molecule has 1 N–H and O–H groups in total. The molecule has 1 heterocycles. The Bertz CT molecular complexity index is 517. The highest BCUT2D eigenvalue weighted by molar-refractivity contribution is 6.33. The minimum Gasteiger partial charge on any atom is -0.507 e. The van der Waals surface area contributed by atoms with Crippen LogP contribution in [0.15, 0.2) is 17.1 Å². The number of benzene rings is 1. The fourth-order valence-corrected chi connectivity index (χ4v) is 2.86. The van der Waals surface area contributed by atoms with E-state index in [0.29, 0.717) is 22.4 Å². The van der Waals surface area contributed by atoms with Crippen LogP contribution < -0.4 is 4.74 Å². The van der Waals surface area contributed by atoms with Gasteiger partial charge in [0.25, 0.3) is 0 Å². The van der Waals surface area contributed by atoms with Gasteiger partial charge in [-0.3, -0.25) is 4.99 Å². The molecule has 2 rings (SSSR count). The van der Waals surface area contributed by atoms with Gasteiger partial charge in [-0.25, -0.2) is 0 Å². The normalized spacial score (nSPS) is 20.4. The number of phenols is 1. The van der Waals surface area contributed by atoms with Crippen LogP contribution in [0.3, 0.4) is 0 Å². The van der Waals surface area contributed by atoms with Crippen LogP contribution in [-0.4, -0.2) is 49.0 Å². The van der Waals surface area contributed by atoms with Gasteiger partial charge in [0.05, 0.1) is 24.2 Å². The summed E-state index contributed by atoms with van der Waals surface area (Å²) in [6, 6.07) is 3.68. The smallest absolute Gasteiger partial charge is 0.150 e. The lowest BCUT2D eigenvalue weighted by atomic mass is 10.1. The first-order valence-corrected chi connectivity index (χ1v) is 7.19. The maximum atomic E-state index is 10.0. The van der Waals surface area contributed by atoms with Crippen molar-refractivity contribution in [2.24, 2.45) is 4.99 Å². The Morgan fingerprint density at radius 3 is 2.90 bits per heavy atom. The Kier molecular flexibility index (Phi) is 4.89. The average molecular weight is 297 g/mol. The standard InChI is InChI=1S/C15H21ClN2O2/c1-10(17-9-11-5-4-8-18(11)2)14-13(19)7-6-12(16)15(14)20-3/h6-7,11,19H,4-5,8-9H2,1-3H3/b17-10+. The van der Waals surface area contributed by atoms with Crippen LogP contribution in [0.4, 0.5) is 0 Å². The van der Waals surface area contributed by atoms with Crippen LogP contribution in [0.5, 0.6) is 11.5 Å². The zero-order chi connectivity index (χ0) is 14.7. The first-order valence-electron chi connectivity index (χ1n) is 6.81. The average Bonchev–Trinajstić information content (AvgIpc) is 2.83. The zero-order valence-electron chi connectivity index (χ0n) is 12.2. The number of ether oxygens (including phenoxy) is 1. The SMILES string of the molecule is COc1c(Cl)ccc(O)c1/C(C)=N/CC1CCCN1C. The summed E-state index contributed by atoms with van der Waals surface area (Å²) in [5.74, 6) is 0.625. The number of aromatic hydroxyl groups is 1. The predicted octanol–water partition coefficient (Wildman–Crippen LogP) is 2.96. The van der Waals surface area contributed by atoms with Gasteiger partial charge in [-0.1, -0.05) is 11.6 Å². The molecule has 1 unspecified atom stereocenters. The molecule has 0 radical (unpaired) electrons. The Labute approximate surface area is 125 Å². The lowest BCUT2D eigenvalue weighted by molar-refractivity contribution is 0.317. The quantitative estimate of drug-likeness (QED) is 0.869. The molecule has 4 nitrogen and oxygen atoms in total. The molecule has 0 aliphatic carbocycles. The topological polar surface area (TPSA) is 45.1 Å². The van der Waals surface area contributed by atoms with Crippen molar-refractivity contribution in [3.63, 3.8) is 0 Å². The van der Waals surface area contributed by atoms with Gasteiger partial charge in [0, 0.05) is 11.8 Å². The summed E-state index contributed by atoms with van der Waals surface area (Å²) < 4.78 is 5.29. The van der Waals surface area contributed by atoms with Crippen LogP contribution in [0, 0.1) is 0 Å². The van der Waals surface area contributed by atoms with Gasteiger partial charge in [-0.15, -0.1) is 0 Å². The van der Waals surface area contributed by atoms with Crippen LogP contribution in [0.1, 0.15) is 25.3 Å². The number of methoxy groups -OCH3 is 1. The van der Waals surface area contributed by atoms with Gasteiger partial charge < -0.3 is 14.7 Å². The number of hydrogen-bond donors (Lipinski definition) is 1. The molecule has 5 heteroatoms. The summed E-state index contributed by atoms with van der Waals surface area (Å²) >= 11 is 6.10. The van der Waals surface area contributed by atoms with E-state index in [2.05, 4.69) is 16.9 Å². The van der Waals surface area contributed by atoms with Gasteiger partial charge in [0.1, 0.15) is 11.5 Å². The molecule has 20 heavy (non-hydrogen) atoms. The first kappa shape index (κ1) is 15.1. The van der Waals surface area contributed by atoms with Crippen molar-refractivity contribution in [1.29, 1.82) is 0 Å². The summed E-state index contributed by atoms with van der Waals surface area (Å²) in [5, 5.41) is 10.5. The molecular formula is C15H21ClN2O2. The second-order valence-corrected chi connectivity index (χ2v) is 5.58. The van der Waals surface area contributed by atoms with Gasteiger partial charge in [-0.2, -0.15) is 0 Å². The third-order valence-electron chi connectivity index (χ3n) is 3.86. The lowest BCUT2D eigenvalue weighted by Gasteiger charge is -2.18. The van der Waals surface area contributed by atoms with E-state index < -0.39 is 0 Å². The molecule has 1 atom stereocenters. The van der Waals surface area contributed by atoms with E-state index in [1.807, 2.05) is 6.92 Å². The Morgan fingerprint density at radius 1 is 1.55 bits per heavy atom. The van der Waals surface area contributed by atoms with E-state index >= 15 is 0 Å². The van der Waals surface area contributed by atoms with Crippen molar-refractivity contribution in [3.05, 3.63) is 22.7 Å². The van der Waals surface area contributed by atoms with Crippen molar-refractivity contribution in [1.82, 2.24) is 4.90 Å². The number of rotatable bonds is 4. The third kappa shape index (κ3) is 3.07. The fraction of sp³-hybridized carbons (Fsp3) is 0.533. The first-order chi connectivity index (χ1) is 9.54. The second kappa shape index (κ2) is 6.46. The summed E-state index contributed by atoms with van der Waals surface area (Å²) in [7, 11) is 3.67. The molecule has 110 valence electrons. The van der Waals surface area contributed by atoms with Crippen molar-refractivity contribution in [2.75, 3.05) is 27.2 Å². The lowest BCUT2D eigenvalue weighted by Crippen LogP contribution is -2.27. The highest BCUT2D eigenvalue weighted by Gasteiger charge is 2.21. The summed E-state index contributed by atoms with van der Waals surface area (Å²) in [6.07, 6.45) is 2.40. The predicted molar refractivity (Wildman–Crippen MR) is 82.4 cm³/mol. The van der Waals surface area contributed by atoms with E-state index in [9.17, 15) is 5.11 Å². The maximum Gasteiger partial charge on any atom is 0.150 e. The van der Waals surface area contributed by atoms with Crippen LogP contribution in [0.25, 0.3) is 0 Å². The van der Waals surface area contributed by atoms with Crippen LogP contribution in [0.2, 0.25) is 5.02 Å². The summed E-state index contributed by atoms with van der Waals surface area (Å²) in [4.78, 5) is 6.94. The molecule has 0 amide bonds. The molecule has 1 aliphatic rings. The minimum atomic E-state index is 0.146. The summed E-state index contributed by atoms with van der Waals surface area (Å²) in [5.41, 5.74) is 1.34. The van der Waals surface area contributed by atoms with E-state index in [1.165, 1.54) is 12.8 Å². The van der Waals surface area contributed by atoms with E-state index in [4.69, 9.17) is 16.3 Å². The van der Waals surface area contributed by atoms with Crippen molar-refractivity contribution in [2.45, 2.75) is 25.8 Å². The molecule has 1 saturated heterocycles. The molecule has 0 aromatic heterocycles. The molecule has 0 bridgehead atoms. The van der Waals surface area contributed by atoms with Gasteiger partial charge in [-0.05, 0) is 45.5 Å². The molecule has 1 fully saturated rings. The third-order valence-corrected chi connectivity index (χ3v) is 4.16. The number of halogens is 1. The number of likely N-dealkylation sites (tertiary alicyclic amines) is 1. The van der Waals surface area contributed by atoms with Crippen LogP contribution >= 0.6 is 11.6 Å². The molecule has 1 aromatic carbocycles. The number of hydrogen-bond acceptors (Lipinski definition) is 4. The van der Waals surface area contributed by atoms with Gasteiger partial charge in [0.2, 0.25) is 0 Å². The van der Waals surface area contributed by atoms with E-state index in [-0.39, 0.29) is 5.75 Å². The number of phenolic OH excluding ortho intramolecular Hbond substituents is 1.